The molecule has 0 aliphatic rings. The molecule has 0 saturated carbocycles. The summed E-state index contributed by atoms with van der Waals surface area (Å²) in [6.07, 6.45) is 1.08. The van der Waals surface area contributed by atoms with Gasteiger partial charge in [0.05, 0.1) is 11.6 Å². The van der Waals surface area contributed by atoms with Crippen LogP contribution in [-0.4, -0.2) is 6.54 Å². The first kappa shape index (κ1) is 13.1. The van der Waals surface area contributed by atoms with Crippen LogP contribution in [-0.2, 0) is 6.54 Å². The summed E-state index contributed by atoms with van der Waals surface area (Å²) >= 11 is 5.64. The van der Waals surface area contributed by atoms with Gasteiger partial charge in [0.2, 0.25) is 0 Å². The van der Waals surface area contributed by atoms with Gasteiger partial charge in [-0.05, 0) is 43.3 Å². The maximum atomic E-state index is 13.3. The van der Waals surface area contributed by atoms with Crippen molar-refractivity contribution in [3.05, 3.63) is 46.9 Å². The molecule has 18 heavy (non-hydrogen) atoms. The van der Waals surface area contributed by atoms with E-state index in [0.29, 0.717) is 17.9 Å². The molecular formula is C14H15ClFNO. The van der Waals surface area contributed by atoms with E-state index >= 15 is 0 Å². The van der Waals surface area contributed by atoms with E-state index in [4.69, 9.17) is 16.0 Å². The summed E-state index contributed by atoms with van der Waals surface area (Å²) in [5.41, 5.74) is 0.693. The number of hydrogen-bond donors (Lipinski definition) is 1. The summed E-state index contributed by atoms with van der Waals surface area (Å²) < 4.78 is 19.0. The number of hydrogen-bond acceptors (Lipinski definition) is 2. The zero-order valence-corrected chi connectivity index (χ0v) is 10.9. The molecule has 0 atom stereocenters. The first-order valence-corrected chi connectivity index (χ1v) is 6.33. The molecule has 0 bridgehead atoms. The van der Waals surface area contributed by atoms with Gasteiger partial charge in [0.1, 0.15) is 17.3 Å². The SMILES string of the molecule is CCCNCc1ccc(-c2ccc(Cl)c(F)c2)o1. The highest BCUT2D eigenvalue weighted by Gasteiger charge is 2.07. The van der Waals surface area contributed by atoms with E-state index in [1.54, 1.807) is 6.07 Å². The highest BCUT2D eigenvalue weighted by atomic mass is 35.5. The van der Waals surface area contributed by atoms with Gasteiger partial charge in [0.15, 0.2) is 0 Å². The van der Waals surface area contributed by atoms with Crippen LogP contribution in [0.4, 0.5) is 4.39 Å². The van der Waals surface area contributed by atoms with Crippen LogP contribution in [0.25, 0.3) is 11.3 Å². The molecule has 2 nitrogen and oxygen atoms in total. The lowest BCUT2D eigenvalue weighted by molar-refractivity contribution is 0.493. The fourth-order valence-electron chi connectivity index (χ4n) is 1.67. The van der Waals surface area contributed by atoms with E-state index in [0.717, 1.165) is 18.7 Å². The van der Waals surface area contributed by atoms with Crippen molar-refractivity contribution in [3.63, 3.8) is 0 Å². The smallest absolute Gasteiger partial charge is 0.142 e. The van der Waals surface area contributed by atoms with E-state index in [9.17, 15) is 4.39 Å². The van der Waals surface area contributed by atoms with Gasteiger partial charge in [-0.15, -0.1) is 0 Å². The van der Waals surface area contributed by atoms with E-state index in [1.807, 2.05) is 12.1 Å². The second-order valence-electron chi connectivity index (χ2n) is 4.07. The number of benzene rings is 1. The lowest BCUT2D eigenvalue weighted by atomic mass is 10.2. The summed E-state index contributed by atoms with van der Waals surface area (Å²) in [7, 11) is 0. The van der Waals surface area contributed by atoms with E-state index < -0.39 is 5.82 Å². The third-order valence-corrected chi connectivity index (χ3v) is 2.90. The van der Waals surface area contributed by atoms with Crippen molar-refractivity contribution in [1.29, 1.82) is 0 Å². The molecule has 2 rings (SSSR count). The highest BCUT2D eigenvalue weighted by Crippen LogP contribution is 2.25. The number of halogens is 2. The third kappa shape index (κ3) is 3.12. The van der Waals surface area contributed by atoms with Gasteiger partial charge in [-0.2, -0.15) is 0 Å². The fraction of sp³-hybridized carbons (Fsp3) is 0.286. The molecule has 0 unspecified atom stereocenters. The zero-order chi connectivity index (χ0) is 13.0. The van der Waals surface area contributed by atoms with Crippen molar-refractivity contribution in [2.45, 2.75) is 19.9 Å². The largest absolute Gasteiger partial charge is 0.460 e. The first-order chi connectivity index (χ1) is 8.70. The maximum Gasteiger partial charge on any atom is 0.142 e. The van der Waals surface area contributed by atoms with E-state index in [2.05, 4.69) is 12.2 Å². The fourth-order valence-corrected chi connectivity index (χ4v) is 1.78. The van der Waals surface area contributed by atoms with E-state index in [-0.39, 0.29) is 5.02 Å². The lowest BCUT2D eigenvalue weighted by Gasteiger charge is -2.01. The van der Waals surface area contributed by atoms with Crippen molar-refractivity contribution in [2.75, 3.05) is 6.54 Å². The van der Waals surface area contributed by atoms with Crippen molar-refractivity contribution in [3.8, 4) is 11.3 Å². The van der Waals surface area contributed by atoms with Crippen molar-refractivity contribution in [2.24, 2.45) is 0 Å². The quantitative estimate of drug-likeness (QED) is 0.820. The Kier molecular flexibility index (Phi) is 4.39. The van der Waals surface area contributed by atoms with Gasteiger partial charge in [-0.25, -0.2) is 4.39 Å². The van der Waals surface area contributed by atoms with Crippen molar-refractivity contribution in [1.82, 2.24) is 5.32 Å². The molecule has 0 aliphatic carbocycles. The number of nitrogens with one attached hydrogen (secondary N) is 1. The van der Waals surface area contributed by atoms with Crippen LogP contribution in [0, 0.1) is 5.82 Å². The number of furan rings is 1. The van der Waals surface area contributed by atoms with Gasteiger partial charge >= 0.3 is 0 Å². The summed E-state index contributed by atoms with van der Waals surface area (Å²) in [6.45, 7) is 3.74. The van der Waals surface area contributed by atoms with Gasteiger partial charge in [-0.3, -0.25) is 0 Å². The zero-order valence-electron chi connectivity index (χ0n) is 10.2. The minimum atomic E-state index is -0.434. The summed E-state index contributed by atoms with van der Waals surface area (Å²) in [5, 5.41) is 3.37. The second-order valence-corrected chi connectivity index (χ2v) is 4.48. The molecule has 1 aromatic carbocycles. The van der Waals surface area contributed by atoms with Crippen LogP contribution >= 0.6 is 11.6 Å². The first-order valence-electron chi connectivity index (χ1n) is 5.95. The number of rotatable bonds is 5. The van der Waals surface area contributed by atoms with Gasteiger partial charge in [-0.1, -0.05) is 18.5 Å². The van der Waals surface area contributed by atoms with Gasteiger partial charge < -0.3 is 9.73 Å². The van der Waals surface area contributed by atoms with Crippen LogP contribution in [0.2, 0.25) is 5.02 Å². The summed E-state index contributed by atoms with van der Waals surface area (Å²) in [4.78, 5) is 0. The van der Waals surface area contributed by atoms with Crippen LogP contribution in [0.5, 0.6) is 0 Å². The average Bonchev–Trinajstić information content (AvgIpc) is 2.82. The van der Waals surface area contributed by atoms with Crippen molar-refractivity contribution >= 4 is 11.6 Å². The molecule has 4 heteroatoms. The molecule has 0 aliphatic heterocycles. The Bertz CT molecular complexity index is 524. The van der Waals surface area contributed by atoms with E-state index in [1.165, 1.54) is 12.1 Å². The predicted octanol–water partition coefficient (Wildman–Crippen LogP) is 4.24. The van der Waals surface area contributed by atoms with Gasteiger partial charge in [0.25, 0.3) is 0 Å². The molecule has 1 heterocycles. The third-order valence-electron chi connectivity index (χ3n) is 2.59. The second kappa shape index (κ2) is 6.03. The Labute approximate surface area is 111 Å². The molecule has 0 fully saturated rings. The molecule has 0 saturated heterocycles. The van der Waals surface area contributed by atoms with Crippen LogP contribution in [0.15, 0.2) is 34.7 Å². The van der Waals surface area contributed by atoms with Crippen molar-refractivity contribution < 1.29 is 8.81 Å². The van der Waals surface area contributed by atoms with Crippen LogP contribution in [0.3, 0.4) is 0 Å². The molecule has 0 spiro atoms. The average molecular weight is 268 g/mol. The molecule has 2 aromatic rings. The molecule has 0 radical (unpaired) electrons. The Hall–Kier alpha value is -1.32. The Morgan fingerprint density at radius 1 is 1.28 bits per heavy atom. The molecule has 96 valence electrons. The monoisotopic (exact) mass is 267 g/mol. The van der Waals surface area contributed by atoms with Crippen LogP contribution in [0.1, 0.15) is 19.1 Å². The normalized spacial score (nSPS) is 10.8. The molecule has 0 amide bonds. The summed E-state index contributed by atoms with van der Waals surface area (Å²) in [5.74, 6) is 1.06. The minimum absolute atomic E-state index is 0.121. The standard InChI is InChI=1S/C14H15ClFNO/c1-2-7-17-9-11-4-6-14(18-11)10-3-5-12(15)13(16)8-10/h3-6,8,17H,2,7,9H2,1H3. The highest BCUT2D eigenvalue weighted by molar-refractivity contribution is 6.30. The van der Waals surface area contributed by atoms with Gasteiger partial charge in [0, 0.05) is 5.56 Å². The molecule has 1 N–H and O–H groups in total. The van der Waals surface area contributed by atoms with Crippen LogP contribution < -0.4 is 5.32 Å². The topological polar surface area (TPSA) is 25.2 Å². The lowest BCUT2D eigenvalue weighted by Crippen LogP contribution is -2.12. The molecular weight excluding hydrogens is 253 g/mol. The predicted molar refractivity (Wildman–Crippen MR) is 71.1 cm³/mol. The minimum Gasteiger partial charge on any atom is -0.460 e. The Morgan fingerprint density at radius 3 is 2.83 bits per heavy atom. The Balaban J connectivity index is 2.11. The maximum absolute atomic E-state index is 13.3. The summed E-state index contributed by atoms with van der Waals surface area (Å²) in [6, 6.07) is 8.39. The molecule has 1 aromatic heterocycles. The Morgan fingerprint density at radius 2 is 2.11 bits per heavy atom.